The molecule has 0 aliphatic heterocycles. The number of carbonyl (C=O) groups excluding carboxylic acids is 1. The van der Waals surface area contributed by atoms with Crippen LogP contribution in [0.1, 0.15) is 21.7 Å². The maximum atomic E-state index is 12.8. The average Bonchev–Trinajstić information content (AvgIpc) is 2.85. The van der Waals surface area contributed by atoms with Crippen molar-refractivity contribution >= 4 is 11.6 Å². The van der Waals surface area contributed by atoms with Gasteiger partial charge in [0.1, 0.15) is 0 Å². The zero-order valence-electron chi connectivity index (χ0n) is 13.4. The number of aryl methyl sites for hydroxylation is 3. The summed E-state index contributed by atoms with van der Waals surface area (Å²) < 4.78 is 1.68. The van der Waals surface area contributed by atoms with Gasteiger partial charge in [-0.1, -0.05) is 30.3 Å². The van der Waals surface area contributed by atoms with Gasteiger partial charge in [-0.05, 0) is 31.0 Å². The van der Waals surface area contributed by atoms with Crippen LogP contribution in [0.2, 0.25) is 0 Å². The molecule has 0 spiro atoms. The Morgan fingerprint density at radius 3 is 2.48 bits per heavy atom. The number of rotatable bonds is 3. The highest BCUT2D eigenvalue weighted by Crippen LogP contribution is 2.26. The molecule has 0 bridgehead atoms. The van der Waals surface area contributed by atoms with Gasteiger partial charge in [-0.15, -0.1) is 0 Å². The highest BCUT2D eigenvalue weighted by molar-refractivity contribution is 6.09. The highest BCUT2D eigenvalue weighted by Gasteiger charge is 2.18. The van der Waals surface area contributed by atoms with Gasteiger partial charge >= 0.3 is 0 Å². The maximum Gasteiger partial charge on any atom is 0.258 e. The van der Waals surface area contributed by atoms with Crippen molar-refractivity contribution in [3.63, 3.8) is 0 Å². The van der Waals surface area contributed by atoms with E-state index in [0.29, 0.717) is 16.9 Å². The minimum absolute atomic E-state index is 0.175. The van der Waals surface area contributed by atoms with Gasteiger partial charge in [0.25, 0.3) is 5.91 Å². The molecule has 1 N–H and O–H groups in total. The molecule has 0 radical (unpaired) electrons. The summed E-state index contributed by atoms with van der Waals surface area (Å²) in [6, 6.07) is 11.7. The lowest BCUT2D eigenvalue weighted by molar-refractivity contribution is 0.102. The molecule has 2 heterocycles. The Hall–Kier alpha value is -2.95. The van der Waals surface area contributed by atoms with Gasteiger partial charge in [-0.25, -0.2) is 0 Å². The molecule has 1 amide bonds. The standard InChI is InChI=1S/C18H18N4O/c1-12-16(11-22(3)21-12)20-18(23)17-13(2)19-10-9-15(17)14-7-5-4-6-8-14/h4-11H,1-3H3,(H,20,23). The minimum atomic E-state index is -0.175. The van der Waals surface area contributed by atoms with Crippen molar-refractivity contribution in [1.82, 2.24) is 14.8 Å². The zero-order valence-corrected chi connectivity index (χ0v) is 13.4. The van der Waals surface area contributed by atoms with Crippen LogP contribution in [0.15, 0.2) is 48.8 Å². The number of nitrogens with one attached hydrogen (secondary N) is 1. The van der Waals surface area contributed by atoms with E-state index >= 15 is 0 Å². The fraction of sp³-hybridized carbons (Fsp3) is 0.167. The molecule has 1 aromatic carbocycles. The third kappa shape index (κ3) is 2.99. The Morgan fingerprint density at radius 2 is 1.83 bits per heavy atom. The van der Waals surface area contributed by atoms with E-state index in [-0.39, 0.29) is 5.91 Å². The van der Waals surface area contributed by atoms with E-state index in [0.717, 1.165) is 16.8 Å². The lowest BCUT2D eigenvalue weighted by Crippen LogP contribution is -2.15. The van der Waals surface area contributed by atoms with Crippen LogP contribution in [0.5, 0.6) is 0 Å². The normalized spacial score (nSPS) is 10.6. The maximum absolute atomic E-state index is 12.8. The van der Waals surface area contributed by atoms with Crippen molar-refractivity contribution in [3.05, 3.63) is 65.7 Å². The first-order valence-electron chi connectivity index (χ1n) is 7.39. The molecule has 3 aromatic rings. The Balaban J connectivity index is 2.02. The fourth-order valence-electron chi connectivity index (χ4n) is 2.62. The molecule has 0 aliphatic rings. The number of carbonyl (C=O) groups is 1. The molecule has 3 rings (SSSR count). The van der Waals surface area contributed by atoms with Crippen LogP contribution < -0.4 is 5.32 Å². The number of hydrogen-bond acceptors (Lipinski definition) is 3. The van der Waals surface area contributed by atoms with Crippen LogP contribution in [0.3, 0.4) is 0 Å². The fourth-order valence-corrected chi connectivity index (χ4v) is 2.62. The number of nitrogens with zero attached hydrogens (tertiary/aromatic N) is 3. The van der Waals surface area contributed by atoms with Crippen LogP contribution in [-0.4, -0.2) is 20.7 Å². The number of aromatic nitrogens is 3. The minimum Gasteiger partial charge on any atom is -0.319 e. The number of benzene rings is 1. The molecule has 0 atom stereocenters. The van der Waals surface area contributed by atoms with Crippen LogP contribution in [-0.2, 0) is 7.05 Å². The van der Waals surface area contributed by atoms with Gasteiger partial charge in [-0.2, -0.15) is 5.10 Å². The first kappa shape index (κ1) is 15.0. The summed E-state index contributed by atoms with van der Waals surface area (Å²) in [5.74, 6) is -0.175. The second-order valence-corrected chi connectivity index (χ2v) is 5.44. The van der Waals surface area contributed by atoms with E-state index in [4.69, 9.17) is 0 Å². The summed E-state index contributed by atoms with van der Waals surface area (Å²) in [7, 11) is 1.83. The lowest BCUT2D eigenvalue weighted by atomic mass is 9.99. The van der Waals surface area contributed by atoms with E-state index in [1.165, 1.54) is 0 Å². The zero-order chi connectivity index (χ0) is 16.4. The van der Waals surface area contributed by atoms with Crippen molar-refractivity contribution in [1.29, 1.82) is 0 Å². The predicted octanol–water partition coefficient (Wildman–Crippen LogP) is 3.35. The smallest absolute Gasteiger partial charge is 0.258 e. The van der Waals surface area contributed by atoms with Gasteiger partial charge < -0.3 is 5.32 Å². The van der Waals surface area contributed by atoms with E-state index in [1.807, 2.05) is 57.3 Å². The molecule has 0 unspecified atom stereocenters. The van der Waals surface area contributed by atoms with Crippen molar-refractivity contribution < 1.29 is 4.79 Å². The SMILES string of the molecule is Cc1nn(C)cc1NC(=O)c1c(-c2ccccc2)ccnc1C. The molecule has 116 valence electrons. The highest BCUT2D eigenvalue weighted by atomic mass is 16.1. The van der Waals surface area contributed by atoms with E-state index < -0.39 is 0 Å². The van der Waals surface area contributed by atoms with E-state index in [1.54, 1.807) is 17.1 Å². The van der Waals surface area contributed by atoms with Gasteiger partial charge in [0, 0.05) is 19.4 Å². The number of hydrogen-bond donors (Lipinski definition) is 1. The van der Waals surface area contributed by atoms with Crippen molar-refractivity contribution in [2.75, 3.05) is 5.32 Å². The van der Waals surface area contributed by atoms with Crippen LogP contribution in [0.25, 0.3) is 11.1 Å². The number of anilines is 1. The molecule has 5 heteroatoms. The molecule has 23 heavy (non-hydrogen) atoms. The summed E-state index contributed by atoms with van der Waals surface area (Å²) in [6.45, 7) is 3.71. The van der Waals surface area contributed by atoms with Crippen molar-refractivity contribution in [2.24, 2.45) is 7.05 Å². The Labute approximate surface area is 135 Å². The number of pyridine rings is 1. The average molecular weight is 306 g/mol. The lowest BCUT2D eigenvalue weighted by Gasteiger charge is -2.12. The summed E-state index contributed by atoms with van der Waals surface area (Å²) in [4.78, 5) is 17.1. The Kier molecular flexibility index (Phi) is 3.93. The third-order valence-electron chi connectivity index (χ3n) is 3.71. The second-order valence-electron chi connectivity index (χ2n) is 5.44. The Morgan fingerprint density at radius 1 is 1.09 bits per heavy atom. The van der Waals surface area contributed by atoms with Crippen LogP contribution >= 0.6 is 0 Å². The van der Waals surface area contributed by atoms with Crippen LogP contribution in [0, 0.1) is 13.8 Å². The van der Waals surface area contributed by atoms with Crippen molar-refractivity contribution in [2.45, 2.75) is 13.8 Å². The van der Waals surface area contributed by atoms with Gasteiger partial charge in [0.2, 0.25) is 0 Å². The number of amides is 1. The first-order valence-corrected chi connectivity index (χ1v) is 7.39. The van der Waals surface area contributed by atoms with Gasteiger partial charge in [-0.3, -0.25) is 14.5 Å². The molecule has 2 aromatic heterocycles. The summed E-state index contributed by atoms with van der Waals surface area (Å²) >= 11 is 0. The summed E-state index contributed by atoms with van der Waals surface area (Å²) in [5, 5.41) is 7.18. The molecular formula is C18H18N4O. The predicted molar refractivity (Wildman–Crippen MR) is 90.3 cm³/mol. The summed E-state index contributed by atoms with van der Waals surface area (Å²) in [5.41, 5.74) is 4.64. The Bertz CT molecular complexity index is 853. The third-order valence-corrected chi connectivity index (χ3v) is 3.71. The first-order chi connectivity index (χ1) is 11.1. The topological polar surface area (TPSA) is 59.8 Å². The van der Waals surface area contributed by atoms with E-state index in [9.17, 15) is 4.79 Å². The van der Waals surface area contributed by atoms with Crippen molar-refractivity contribution in [3.8, 4) is 11.1 Å². The van der Waals surface area contributed by atoms with Gasteiger partial charge in [0.15, 0.2) is 0 Å². The molecule has 0 aliphatic carbocycles. The second kappa shape index (κ2) is 6.04. The quantitative estimate of drug-likeness (QED) is 0.807. The molecule has 5 nitrogen and oxygen atoms in total. The molecule has 0 saturated heterocycles. The largest absolute Gasteiger partial charge is 0.319 e. The van der Waals surface area contributed by atoms with Crippen LogP contribution in [0.4, 0.5) is 5.69 Å². The van der Waals surface area contributed by atoms with E-state index in [2.05, 4.69) is 15.4 Å². The van der Waals surface area contributed by atoms with Gasteiger partial charge in [0.05, 0.1) is 22.6 Å². The molecular weight excluding hydrogens is 288 g/mol. The summed E-state index contributed by atoms with van der Waals surface area (Å²) in [6.07, 6.45) is 3.52. The monoisotopic (exact) mass is 306 g/mol. The molecule has 0 saturated carbocycles. The molecule has 0 fully saturated rings.